The molecule has 136 valence electrons. The number of anilines is 1. The maximum atomic E-state index is 11.9. The maximum Gasteiger partial charge on any atom is 0.267 e. The van der Waals surface area contributed by atoms with E-state index < -0.39 is 0 Å². The van der Waals surface area contributed by atoms with E-state index in [-0.39, 0.29) is 11.6 Å². The zero-order valence-electron chi connectivity index (χ0n) is 14.9. The first-order chi connectivity index (χ1) is 12.5. The van der Waals surface area contributed by atoms with Crippen LogP contribution in [0.2, 0.25) is 0 Å². The van der Waals surface area contributed by atoms with Crippen molar-refractivity contribution in [3.63, 3.8) is 0 Å². The molecule has 6 nitrogen and oxygen atoms in total. The third kappa shape index (κ3) is 4.16. The van der Waals surface area contributed by atoms with Gasteiger partial charge in [0.25, 0.3) is 5.91 Å². The Morgan fingerprint density at radius 3 is 2.62 bits per heavy atom. The van der Waals surface area contributed by atoms with Crippen LogP contribution in [0.4, 0.5) is 5.69 Å². The molecule has 0 unspecified atom stereocenters. The van der Waals surface area contributed by atoms with E-state index in [1.807, 2.05) is 30.3 Å². The van der Waals surface area contributed by atoms with Crippen LogP contribution in [0.3, 0.4) is 0 Å². The number of nitrogen functional groups attached to an aromatic ring is 1. The second-order valence-electron chi connectivity index (χ2n) is 5.47. The number of benzene rings is 2. The summed E-state index contributed by atoms with van der Waals surface area (Å²) in [6, 6.07) is 11.0. The second-order valence-corrected chi connectivity index (χ2v) is 5.47. The maximum absolute atomic E-state index is 11.9. The smallest absolute Gasteiger partial charge is 0.267 e. The molecule has 0 fully saturated rings. The molecule has 0 aliphatic heterocycles. The molecule has 2 aromatic rings. The van der Waals surface area contributed by atoms with E-state index in [9.17, 15) is 4.79 Å². The van der Waals surface area contributed by atoms with Crippen molar-refractivity contribution in [3.8, 4) is 22.6 Å². The molecular formula is C20H23N3O3. The van der Waals surface area contributed by atoms with Crippen molar-refractivity contribution in [2.45, 2.75) is 0 Å². The number of hydrogen-bond acceptors (Lipinski definition) is 5. The van der Waals surface area contributed by atoms with Gasteiger partial charge in [-0.1, -0.05) is 24.3 Å². The fourth-order valence-corrected chi connectivity index (χ4v) is 2.47. The van der Waals surface area contributed by atoms with Gasteiger partial charge in [-0.15, -0.1) is 6.58 Å². The Morgan fingerprint density at radius 1 is 1.19 bits per heavy atom. The number of carbonyl (C=O) groups is 1. The molecule has 0 spiro atoms. The summed E-state index contributed by atoms with van der Waals surface area (Å²) in [7, 11) is 3.18. The molecule has 0 saturated carbocycles. The highest BCUT2D eigenvalue weighted by atomic mass is 16.5. The van der Waals surface area contributed by atoms with Gasteiger partial charge in [0.05, 0.1) is 19.9 Å². The normalized spacial score (nSPS) is 10.9. The fourth-order valence-electron chi connectivity index (χ4n) is 2.47. The van der Waals surface area contributed by atoms with E-state index >= 15 is 0 Å². The summed E-state index contributed by atoms with van der Waals surface area (Å²) >= 11 is 0. The number of carbonyl (C=O) groups excluding carboxylic acids is 1. The molecule has 0 atom stereocenters. The summed E-state index contributed by atoms with van der Waals surface area (Å²) in [6.45, 7) is 3.89. The zero-order chi connectivity index (χ0) is 19.1. The van der Waals surface area contributed by atoms with Crippen molar-refractivity contribution in [2.75, 3.05) is 26.5 Å². The molecule has 0 heterocycles. The van der Waals surface area contributed by atoms with E-state index in [4.69, 9.17) is 20.9 Å². The molecule has 2 aromatic carbocycles. The highest BCUT2D eigenvalue weighted by Crippen LogP contribution is 2.38. The van der Waals surface area contributed by atoms with Crippen LogP contribution in [0.15, 0.2) is 54.8 Å². The lowest BCUT2D eigenvalue weighted by Crippen LogP contribution is -2.28. The third-order valence-corrected chi connectivity index (χ3v) is 3.82. The molecule has 0 radical (unpaired) electrons. The predicted molar refractivity (Wildman–Crippen MR) is 105 cm³/mol. The number of nitrogens with one attached hydrogen (secondary N) is 1. The average Bonchev–Trinajstić information content (AvgIpc) is 2.67. The zero-order valence-corrected chi connectivity index (χ0v) is 14.9. The summed E-state index contributed by atoms with van der Waals surface area (Å²) in [5.74, 6) is 0.966. The SMILES string of the molecule is C=CCNC(=O)/C(N)=C/c1cccc(-c2cc(OC)ccc2OC)c1N. The Labute approximate surface area is 153 Å². The molecule has 0 saturated heterocycles. The van der Waals surface area contributed by atoms with E-state index in [0.717, 1.165) is 11.1 Å². The van der Waals surface area contributed by atoms with Crippen LogP contribution in [0, 0.1) is 0 Å². The fraction of sp³-hybridized carbons (Fsp3) is 0.150. The molecule has 26 heavy (non-hydrogen) atoms. The number of nitrogens with two attached hydrogens (primary N) is 2. The van der Waals surface area contributed by atoms with Crippen LogP contribution in [0.1, 0.15) is 5.56 Å². The second kappa shape index (κ2) is 8.62. The van der Waals surface area contributed by atoms with E-state index in [1.165, 1.54) is 0 Å². The van der Waals surface area contributed by atoms with Crippen LogP contribution in [-0.4, -0.2) is 26.7 Å². The summed E-state index contributed by atoms with van der Waals surface area (Å²) in [4.78, 5) is 11.9. The van der Waals surface area contributed by atoms with Gasteiger partial charge in [0.1, 0.15) is 11.5 Å². The highest BCUT2D eigenvalue weighted by Gasteiger charge is 2.13. The monoisotopic (exact) mass is 353 g/mol. The van der Waals surface area contributed by atoms with Gasteiger partial charge >= 0.3 is 0 Å². The van der Waals surface area contributed by atoms with Gasteiger partial charge in [0, 0.05) is 28.9 Å². The Balaban J connectivity index is 2.47. The first-order valence-electron chi connectivity index (χ1n) is 7.99. The average molecular weight is 353 g/mol. The van der Waals surface area contributed by atoms with Crippen molar-refractivity contribution in [2.24, 2.45) is 5.73 Å². The predicted octanol–water partition coefficient (Wildman–Crippen LogP) is 2.55. The lowest BCUT2D eigenvalue weighted by Gasteiger charge is -2.14. The number of amides is 1. The topological polar surface area (TPSA) is 99.6 Å². The molecule has 2 rings (SSSR count). The summed E-state index contributed by atoms with van der Waals surface area (Å²) < 4.78 is 10.7. The Kier molecular flexibility index (Phi) is 6.27. The number of rotatable bonds is 7. The van der Waals surface area contributed by atoms with Crippen LogP contribution in [-0.2, 0) is 4.79 Å². The van der Waals surface area contributed by atoms with Crippen molar-refractivity contribution < 1.29 is 14.3 Å². The Hall–Kier alpha value is -3.41. The van der Waals surface area contributed by atoms with Crippen molar-refractivity contribution in [1.29, 1.82) is 0 Å². The Morgan fingerprint density at radius 2 is 1.96 bits per heavy atom. The van der Waals surface area contributed by atoms with Crippen LogP contribution < -0.4 is 26.3 Å². The summed E-state index contributed by atoms with van der Waals surface area (Å²) in [5.41, 5.74) is 14.9. The van der Waals surface area contributed by atoms with Crippen LogP contribution >= 0.6 is 0 Å². The molecular weight excluding hydrogens is 330 g/mol. The third-order valence-electron chi connectivity index (χ3n) is 3.82. The van der Waals surface area contributed by atoms with Gasteiger partial charge in [0.15, 0.2) is 0 Å². The van der Waals surface area contributed by atoms with Gasteiger partial charge < -0.3 is 26.3 Å². The van der Waals surface area contributed by atoms with Crippen molar-refractivity contribution in [1.82, 2.24) is 5.32 Å². The van der Waals surface area contributed by atoms with Gasteiger partial charge in [-0.25, -0.2) is 0 Å². The molecule has 5 N–H and O–H groups in total. The minimum Gasteiger partial charge on any atom is -0.497 e. The minimum absolute atomic E-state index is 0.0632. The standard InChI is InChI=1S/C20H23N3O3/c1-4-10-23-20(24)17(21)11-13-6-5-7-15(19(13)22)16-12-14(25-2)8-9-18(16)26-3/h4-9,11-12H,1,10,21-22H2,2-3H3,(H,23,24)/b17-11-. The van der Waals surface area contributed by atoms with Gasteiger partial charge in [-0.2, -0.15) is 0 Å². The number of methoxy groups -OCH3 is 2. The molecule has 0 aliphatic carbocycles. The van der Waals surface area contributed by atoms with Crippen LogP contribution in [0.25, 0.3) is 17.2 Å². The molecule has 0 bridgehead atoms. The Bertz CT molecular complexity index is 844. The highest BCUT2D eigenvalue weighted by molar-refractivity contribution is 5.98. The van der Waals surface area contributed by atoms with Gasteiger partial charge in [0.2, 0.25) is 0 Å². The van der Waals surface area contributed by atoms with Gasteiger partial charge in [-0.05, 0) is 24.3 Å². The minimum atomic E-state index is -0.381. The number of para-hydroxylation sites is 1. The first-order valence-corrected chi connectivity index (χ1v) is 7.99. The molecule has 6 heteroatoms. The lowest BCUT2D eigenvalue weighted by atomic mass is 9.98. The van der Waals surface area contributed by atoms with E-state index in [2.05, 4.69) is 11.9 Å². The van der Waals surface area contributed by atoms with Crippen LogP contribution in [0.5, 0.6) is 11.5 Å². The summed E-state index contributed by atoms with van der Waals surface area (Å²) in [6.07, 6.45) is 3.12. The first kappa shape index (κ1) is 18.9. The van der Waals surface area contributed by atoms with Gasteiger partial charge in [-0.3, -0.25) is 4.79 Å². The summed E-state index contributed by atoms with van der Waals surface area (Å²) in [5, 5.41) is 2.62. The van der Waals surface area contributed by atoms with Crippen molar-refractivity contribution in [3.05, 3.63) is 60.3 Å². The number of ether oxygens (including phenoxy) is 2. The quantitative estimate of drug-likeness (QED) is 0.404. The number of hydrogen-bond donors (Lipinski definition) is 3. The molecule has 0 aliphatic rings. The molecule has 0 aromatic heterocycles. The largest absolute Gasteiger partial charge is 0.497 e. The van der Waals surface area contributed by atoms with Crippen molar-refractivity contribution >= 4 is 17.7 Å². The van der Waals surface area contributed by atoms with E-state index in [1.54, 1.807) is 32.4 Å². The van der Waals surface area contributed by atoms with E-state index in [0.29, 0.717) is 29.3 Å². The lowest BCUT2D eigenvalue weighted by molar-refractivity contribution is -0.117. The molecule has 1 amide bonds.